The monoisotopic (exact) mass is 450 g/mol. The lowest BCUT2D eigenvalue weighted by molar-refractivity contribution is -0.149. The molecule has 0 aromatic heterocycles. The van der Waals surface area contributed by atoms with Crippen LogP contribution in [0.25, 0.3) is 0 Å². The third-order valence-electron chi connectivity index (χ3n) is 6.92. The molecule has 3 N–H and O–H groups in total. The topological polar surface area (TPSA) is 110 Å². The largest absolute Gasteiger partial charge is 0.479 e. The number of Topliss-reactive ketones (excluding diaryl/α,β-unsaturated/α-hetero) is 1. The summed E-state index contributed by atoms with van der Waals surface area (Å²) < 4.78 is 5.52. The molecule has 2 fully saturated rings. The Morgan fingerprint density at radius 2 is 1.61 bits per heavy atom. The summed E-state index contributed by atoms with van der Waals surface area (Å²) in [5.74, 6) is -1.42. The van der Waals surface area contributed by atoms with Crippen molar-refractivity contribution in [2.45, 2.75) is 56.8 Å². The molecule has 0 heterocycles. The fourth-order valence-electron chi connectivity index (χ4n) is 5.33. The molecule has 2 aromatic rings. The van der Waals surface area contributed by atoms with Crippen molar-refractivity contribution in [2.75, 3.05) is 0 Å². The van der Waals surface area contributed by atoms with E-state index in [1.807, 2.05) is 60.7 Å². The van der Waals surface area contributed by atoms with Gasteiger partial charge in [-0.05, 0) is 48.6 Å². The lowest BCUT2D eigenvalue weighted by atomic mass is 9.91. The fourth-order valence-corrected chi connectivity index (χ4v) is 5.33. The zero-order valence-electron chi connectivity index (χ0n) is 18.5. The molecule has 2 saturated carbocycles. The van der Waals surface area contributed by atoms with Gasteiger partial charge in [0.2, 0.25) is 0 Å². The summed E-state index contributed by atoms with van der Waals surface area (Å²) in [4.78, 5) is 40.1. The standard InChI is InChI=1S/C26H30N2O5/c27-21(14-17-7-3-1-4-8-17)24(29)23(25(30)31)28(22-15-19-11-12-20(22)13-19)26(32)33-16-18-9-5-2-6-10-18/h1-10,19-23H,11-16,27H2,(H,30,31)/t19?,20?,21-,22?,23?/m0/s1. The minimum atomic E-state index is -1.67. The van der Waals surface area contributed by atoms with Crippen molar-refractivity contribution in [3.8, 4) is 0 Å². The fraction of sp³-hybridized carbons (Fsp3) is 0.423. The second kappa shape index (κ2) is 10.2. The van der Waals surface area contributed by atoms with Crippen molar-refractivity contribution >= 4 is 17.8 Å². The third-order valence-corrected chi connectivity index (χ3v) is 6.92. The van der Waals surface area contributed by atoms with Gasteiger partial charge in [-0.25, -0.2) is 9.59 Å². The van der Waals surface area contributed by atoms with Crippen LogP contribution in [0.5, 0.6) is 0 Å². The summed E-state index contributed by atoms with van der Waals surface area (Å²) in [6, 6.07) is 15.3. The highest BCUT2D eigenvalue weighted by Gasteiger charge is 2.50. The Morgan fingerprint density at radius 1 is 0.970 bits per heavy atom. The van der Waals surface area contributed by atoms with Gasteiger partial charge in [-0.3, -0.25) is 9.69 Å². The highest BCUT2D eigenvalue weighted by atomic mass is 16.6. The summed E-state index contributed by atoms with van der Waals surface area (Å²) in [7, 11) is 0. The first kappa shape index (κ1) is 23.0. The number of aliphatic carboxylic acids is 1. The minimum absolute atomic E-state index is 0.00753. The van der Waals surface area contributed by atoms with Crippen LogP contribution in [0, 0.1) is 11.8 Å². The molecule has 33 heavy (non-hydrogen) atoms. The molecule has 0 spiro atoms. The van der Waals surface area contributed by atoms with E-state index in [2.05, 4.69) is 0 Å². The number of benzene rings is 2. The molecule has 2 aromatic carbocycles. The summed E-state index contributed by atoms with van der Waals surface area (Å²) in [5.41, 5.74) is 7.80. The molecule has 0 radical (unpaired) electrons. The Bertz CT molecular complexity index is 981. The molecular weight excluding hydrogens is 420 g/mol. The number of carbonyl (C=O) groups excluding carboxylic acids is 2. The first-order valence-electron chi connectivity index (χ1n) is 11.5. The number of carboxylic acid groups (broad SMARTS) is 1. The number of carboxylic acids is 1. The van der Waals surface area contributed by atoms with Crippen LogP contribution in [0.2, 0.25) is 0 Å². The normalized spacial score (nSPS) is 23.0. The molecule has 2 aliphatic carbocycles. The third kappa shape index (κ3) is 5.25. The van der Waals surface area contributed by atoms with Gasteiger partial charge in [-0.1, -0.05) is 67.1 Å². The van der Waals surface area contributed by atoms with Crippen molar-refractivity contribution in [3.05, 3.63) is 71.8 Å². The van der Waals surface area contributed by atoms with Crippen LogP contribution in [0.4, 0.5) is 4.79 Å². The average molecular weight is 451 g/mol. The second-order valence-corrected chi connectivity index (χ2v) is 9.13. The van der Waals surface area contributed by atoms with Gasteiger partial charge in [-0.15, -0.1) is 0 Å². The average Bonchev–Trinajstić information content (AvgIpc) is 3.45. The molecular formula is C26H30N2O5. The molecule has 0 saturated heterocycles. The molecule has 0 aliphatic heterocycles. The molecule has 7 heteroatoms. The van der Waals surface area contributed by atoms with Gasteiger partial charge >= 0.3 is 12.1 Å². The van der Waals surface area contributed by atoms with Crippen molar-refractivity contribution in [3.63, 3.8) is 0 Å². The zero-order valence-corrected chi connectivity index (χ0v) is 18.5. The minimum Gasteiger partial charge on any atom is -0.479 e. The quantitative estimate of drug-likeness (QED) is 0.567. The Morgan fingerprint density at radius 3 is 2.15 bits per heavy atom. The van der Waals surface area contributed by atoms with E-state index in [1.54, 1.807) is 0 Å². The van der Waals surface area contributed by atoms with Gasteiger partial charge in [-0.2, -0.15) is 0 Å². The number of rotatable bonds is 9. The van der Waals surface area contributed by atoms with E-state index in [9.17, 15) is 19.5 Å². The maximum absolute atomic E-state index is 13.3. The van der Waals surface area contributed by atoms with Gasteiger partial charge in [0.25, 0.3) is 0 Å². The lowest BCUT2D eigenvalue weighted by Crippen LogP contribution is -2.59. The lowest BCUT2D eigenvalue weighted by Gasteiger charge is -2.37. The van der Waals surface area contributed by atoms with Gasteiger partial charge < -0.3 is 15.6 Å². The smallest absolute Gasteiger partial charge is 0.411 e. The van der Waals surface area contributed by atoms with Crippen LogP contribution in [0.3, 0.4) is 0 Å². The molecule has 2 aliphatic rings. The SMILES string of the molecule is N[C@@H](Cc1ccccc1)C(=O)C(C(=O)O)N(C(=O)OCc1ccccc1)C1CC2CCC1C2. The highest BCUT2D eigenvalue weighted by molar-refractivity contribution is 6.07. The molecule has 5 atom stereocenters. The number of amides is 1. The Balaban J connectivity index is 1.56. The van der Waals surface area contributed by atoms with Crippen LogP contribution in [0.15, 0.2) is 60.7 Å². The van der Waals surface area contributed by atoms with E-state index in [1.165, 1.54) is 4.90 Å². The first-order valence-corrected chi connectivity index (χ1v) is 11.5. The molecule has 7 nitrogen and oxygen atoms in total. The Labute approximate surface area is 193 Å². The second-order valence-electron chi connectivity index (χ2n) is 9.13. The molecule has 4 unspecified atom stereocenters. The van der Waals surface area contributed by atoms with Gasteiger partial charge in [0, 0.05) is 6.04 Å². The van der Waals surface area contributed by atoms with E-state index in [4.69, 9.17) is 10.5 Å². The number of hydrogen-bond donors (Lipinski definition) is 2. The van der Waals surface area contributed by atoms with Crippen LogP contribution < -0.4 is 5.73 Å². The predicted octanol–water partition coefficient (Wildman–Crippen LogP) is 3.41. The van der Waals surface area contributed by atoms with E-state index < -0.39 is 29.9 Å². The number of carbonyl (C=O) groups is 3. The maximum Gasteiger partial charge on any atom is 0.411 e. The van der Waals surface area contributed by atoms with Crippen LogP contribution >= 0.6 is 0 Å². The number of nitrogens with two attached hydrogens (primary N) is 1. The van der Waals surface area contributed by atoms with E-state index in [0.717, 1.165) is 30.4 Å². The van der Waals surface area contributed by atoms with E-state index in [-0.39, 0.29) is 25.0 Å². The molecule has 1 amide bonds. The highest BCUT2D eigenvalue weighted by Crippen LogP contribution is 2.47. The first-order chi connectivity index (χ1) is 15.9. The van der Waals surface area contributed by atoms with Gasteiger partial charge in [0.1, 0.15) is 6.61 Å². The predicted molar refractivity (Wildman–Crippen MR) is 122 cm³/mol. The number of ether oxygens (including phenoxy) is 1. The molecule has 4 rings (SSSR count). The summed E-state index contributed by atoms with van der Waals surface area (Å²) in [6.45, 7) is 0.00753. The van der Waals surface area contributed by atoms with Crippen molar-refractivity contribution < 1.29 is 24.2 Å². The van der Waals surface area contributed by atoms with Crippen LogP contribution in [-0.4, -0.2) is 46.0 Å². The van der Waals surface area contributed by atoms with Crippen molar-refractivity contribution in [1.29, 1.82) is 0 Å². The zero-order chi connectivity index (χ0) is 23.4. The number of hydrogen-bond acceptors (Lipinski definition) is 5. The van der Waals surface area contributed by atoms with Crippen molar-refractivity contribution in [2.24, 2.45) is 17.6 Å². The van der Waals surface area contributed by atoms with Crippen LogP contribution in [0.1, 0.15) is 36.8 Å². The van der Waals surface area contributed by atoms with Crippen molar-refractivity contribution in [1.82, 2.24) is 4.90 Å². The Hall–Kier alpha value is -3.19. The van der Waals surface area contributed by atoms with Gasteiger partial charge in [0.05, 0.1) is 6.04 Å². The number of ketones is 1. The summed E-state index contributed by atoms with van der Waals surface area (Å²) in [6.07, 6.45) is 3.07. The number of fused-ring (bicyclic) bond motifs is 2. The molecule has 2 bridgehead atoms. The van der Waals surface area contributed by atoms with E-state index >= 15 is 0 Å². The van der Waals surface area contributed by atoms with E-state index in [0.29, 0.717) is 12.3 Å². The molecule has 174 valence electrons. The van der Waals surface area contributed by atoms with Gasteiger partial charge in [0.15, 0.2) is 11.8 Å². The maximum atomic E-state index is 13.3. The summed E-state index contributed by atoms with van der Waals surface area (Å²) >= 11 is 0. The Kier molecular flexibility index (Phi) is 7.08. The van der Waals surface area contributed by atoms with Crippen LogP contribution in [-0.2, 0) is 27.4 Å². The number of nitrogens with zero attached hydrogens (tertiary/aromatic N) is 1. The summed E-state index contributed by atoms with van der Waals surface area (Å²) in [5, 5.41) is 10.1.